The Morgan fingerprint density at radius 1 is 1.16 bits per heavy atom. The first-order valence-corrected chi connectivity index (χ1v) is 6.22. The number of rotatable bonds is 4. The average molecular weight is 257 g/mol. The van der Waals surface area contributed by atoms with E-state index in [4.69, 9.17) is 5.73 Å². The van der Waals surface area contributed by atoms with Crippen molar-refractivity contribution in [3.8, 4) is 0 Å². The molecule has 0 bridgehead atoms. The molecule has 19 heavy (non-hydrogen) atoms. The molecule has 98 valence electrons. The Morgan fingerprint density at radius 3 is 2.42 bits per heavy atom. The first-order valence-electron chi connectivity index (χ1n) is 6.22. The number of carbonyl (C=O) groups excluding carboxylic acids is 1. The molecule has 0 aliphatic carbocycles. The molecule has 0 saturated heterocycles. The molecule has 0 heterocycles. The van der Waals surface area contributed by atoms with E-state index < -0.39 is 5.82 Å². The van der Waals surface area contributed by atoms with Gasteiger partial charge in [-0.05, 0) is 36.2 Å². The van der Waals surface area contributed by atoms with E-state index in [0.29, 0.717) is 17.7 Å². The van der Waals surface area contributed by atoms with Crippen LogP contribution in [0.2, 0.25) is 0 Å². The van der Waals surface area contributed by atoms with Crippen LogP contribution >= 0.6 is 0 Å². The fourth-order valence-corrected chi connectivity index (χ4v) is 1.92. The van der Waals surface area contributed by atoms with Crippen molar-refractivity contribution >= 4 is 5.78 Å². The van der Waals surface area contributed by atoms with Crippen molar-refractivity contribution in [1.82, 2.24) is 0 Å². The Morgan fingerprint density at radius 2 is 1.79 bits per heavy atom. The van der Waals surface area contributed by atoms with Gasteiger partial charge in [0.05, 0.1) is 0 Å². The molecular formula is C16H16FNO. The molecule has 0 saturated carbocycles. The molecular weight excluding hydrogens is 241 g/mol. The highest BCUT2D eigenvalue weighted by Crippen LogP contribution is 2.18. The largest absolute Gasteiger partial charge is 0.330 e. The van der Waals surface area contributed by atoms with Gasteiger partial charge in [0.1, 0.15) is 5.82 Å². The van der Waals surface area contributed by atoms with Crippen molar-refractivity contribution in [2.75, 3.05) is 6.54 Å². The molecule has 2 aromatic carbocycles. The molecule has 0 fully saturated rings. The number of halogens is 1. The molecule has 1 unspecified atom stereocenters. The van der Waals surface area contributed by atoms with E-state index in [2.05, 4.69) is 0 Å². The first kappa shape index (κ1) is 13.4. The third-order valence-corrected chi connectivity index (χ3v) is 3.16. The highest BCUT2D eigenvalue weighted by molar-refractivity contribution is 6.09. The van der Waals surface area contributed by atoms with E-state index in [1.165, 1.54) is 18.2 Å². The van der Waals surface area contributed by atoms with E-state index >= 15 is 0 Å². The maximum absolute atomic E-state index is 13.1. The fourth-order valence-electron chi connectivity index (χ4n) is 1.92. The summed E-state index contributed by atoms with van der Waals surface area (Å²) in [5, 5.41) is 0. The zero-order chi connectivity index (χ0) is 13.8. The molecule has 0 spiro atoms. The van der Waals surface area contributed by atoms with Crippen LogP contribution in [0.3, 0.4) is 0 Å². The van der Waals surface area contributed by atoms with E-state index in [9.17, 15) is 9.18 Å². The van der Waals surface area contributed by atoms with Crippen LogP contribution in [0.4, 0.5) is 4.39 Å². The molecule has 2 aromatic rings. The maximum Gasteiger partial charge on any atom is 0.193 e. The molecule has 0 amide bonds. The number of carbonyl (C=O) groups is 1. The van der Waals surface area contributed by atoms with Crippen LogP contribution in [-0.2, 0) is 0 Å². The summed E-state index contributed by atoms with van der Waals surface area (Å²) in [5.74, 6) is -0.386. The second-order valence-electron chi connectivity index (χ2n) is 4.60. The van der Waals surface area contributed by atoms with Crippen molar-refractivity contribution in [2.45, 2.75) is 12.8 Å². The Hall–Kier alpha value is -2.00. The first-order chi connectivity index (χ1) is 9.11. The minimum Gasteiger partial charge on any atom is -0.330 e. The second kappa shape index (κ2) is 5.76. The lowest BCUT2D eigenvalue weighted by Crippen LogP contribution is -2.10. The summed E-state index contributed by atoms with van der Waals surface area (Å²) >= 11 is 0. The number of nitrogens with two attached hydrogens (primary N) is 1. The lowest BCUT2D eigenvalue weighted by Gasteiger charge is -2.10. The molecule has 2 rings (SSSR count). The Bertz CT molecular complexity index is 595. The van der Waals surface area contributed by atoms with Gasteiger partial charge in [-0.25, -0.2) is 4.39 Å². The lowest BCUT2D eigenvalue weighted by atomic mass is 9.96. The van der Waals surface area contributed by atoms with Gasteiger partial charge in [-0.15, -0.1) is 0 Å². The van der Waals surface area contributed by atoms with Crippen molar-refractivity contribution in [1.29, 1.82) is 0 Å². The van der Waals surface area contributed by atoms with Crippen LogP contribution in [0.15, 0.2) is 48.5 Å². The van der Waals surface area contributed by atoms with E-state index in [1.54, 1.807) is 12.1 Å². The van der Waals surface area contributed by atoms with E-state index in [0.717, 1.165) is 5.56 Å². The molecule has 0 aliphatic rings. The summed E-state index contributed by atoms with van der Waals surface area (Å²) in [4.78, 5) is 12.3. The number of ketones is 1. The Kier molecular flexibility index (Phi) is 4.07. The lowest BCUT2D eigenvalue weighted by molar-refractivity contribution is 0.103. The van der Waals surface area contributed by atoms with Crippen molar-refractivity contribution < 1.29 is 9.18 Å². The fraction of sp³-hybridized carbons (Fsp3) is 0.188. The van der Waals surface area contributed by atoms with Crippen LogP contribution in [-0.4, -0.2) is 12.3 Å². The van der Waals surface area contributed by atoms with Gasteiger partial charge in [-0.1, -0.05) is 37.3 Å². The third-order valence-electron chi connectivity index (χ3n) is 3.16. The highest BCUT2D eigenvalue weighted by Gasteiger charge is 2.11. The zero-order valence-electron chi connectivity index (χ0n) is 10.8. The molecule has 1 atom stereocenters. The Labute approximate surface area is 112 Å². The Balaban J connectivity index is 2.34. The second-order valence-corrected chi connectivity index (χ2v) is 4.60. The summed E-state index contributed by atoms with van der Waals surface area (Å²) in [7, 11) is 0. The summed E-state index contributed by atoms with van der Waals surface area (Å²) in [5.41, 5.74) is 7.56. The van der Waals surface area contributed by atoms with E-state index in [1.807, 2.05) is 25.1 Å². The van der Waals surface area contributed by atoms with E-state index in [-0.39, 0.29) is 11.7 Å². The predicted molar refractivity (Wildman–Crippen MR) is 73.7 cm³/mol. The van der Waals surface area contributed by atoms with Gasteiger partial charge >= 0.3 is 0 Å². The topological polar surface area (TPSA) is 43.1 Å². The number of hydrogen-bond acceptors (Lipinski definition) is 2. The standard InChI is InChI=1S/C16H16FNO/c1-11(10-18)12-4-2-5-13(8-12)16(19)14-6-3-7-15(17)9-14/h2-9,11H,10,18H2,1H3. The van der Waals surface area contributed by atoms with Gasteiger partial charge < -0.3 is 5.73 Å². The highest BCUT2D eigenvalue weighted by atomic mass is 19.1. The number of hydrogen-bond donors (Lipinski definition) is 1. The third kappa shape index (κ3) is 3.06. The molecule has 2 nitrogen and oxygen atoms in total. The van der Waals surface area contributed by atoms with Crippen LogP contribution in [0.1, 0.15) is 34.3 Å². The van der Waals surface area contributed by atoms with Crippen molar-refractivity contribution in [3.63, 3.8) is 0 Å². The van der Waals surface area contributed by atoms with Gasteiger partial charge in [-0.2, -0.15) is 0 Å². The SMILES string of the molecule is CC(CN)c1cccc(C(=O)c2cccc(F)c2)c1. The molecule has 2 N–H and O–H groups in total. The van der Waals surface area contributed by atoms with Crippen LogP contribution in [0, 0.1) is 5.82 Å². The average Bonchev–Trinajstić information content (AvgIpc) is 2.45. The summed E-state index contributed by atoms with van der Waals surface area (Å²) in [6.45, 7) is 2.53. The van der Waals surface area contributed by atoms with Gasteiger partial charge in [0, 0.05) is 11.1 Å². The molecule has 0 aliphatic heterocycles. The minimum atomic E-state index is -0.405. The summed E-state index contributed by atoms with van der Waals surface area (Å²) in [6, 6.07) is 13.1. The van der Waals surface area contributed by atoms with Crippen LogP contribution in [0.5, 0.6) is 0 Å². The molecule has 3 heteroatoms. The zero-order valence-corrected chi connectivity index (χ0v) is 10.8. The predicted octanol–water partition coefficient (Wildman–Crippen LogP) is 3.12. The van der Waals surface area contributed by atoms with Crippen molar-refractivity contribution in [3.05, 3.63) is 71.0 Å². The van der Waals surface area contributed by atoms with Gasteiger partial charge in [0.25, 0.3) is 0 Å². The molecule has 0 radical (unpaired) electrons. The van der Waals surface area contributed by atoms with Gasteiger partial charge in [0.15, 0.2) is 5.78 Å². The maximum atomic E-state index is 13.1. The monoisotopic (exact) mass is 257 g/mol. The quantitative estimate of drug-likeness (QED) is 0.855. The minimum absolute atomic E-state index is 0.175. The van der Waals surface area contributed by atoms with Gasteiger partial charge in [-0.3, -0.25) is 4.79 Å². The normalized spacial score (nSPS) is 12.2. The summed E-state index contributed by atoms with van der Waals surface area (Å²) < 4.78 is 13.1. The number of benzene rings is 2. The van der Waals surface area contributed by atoms with Gasteiger partial charge in [0.2, 0.25) is 0 Å². The van der Waals surface area contributed by atoms with Crippen LogP contribution < -0.4 is 5.73 Å². The van der Waals surface area contributed by atoms with Crippen molar-refractivity contribution in [2.24, 2.45) is 5.73 Å². The molecule has 0 aromatic heterocycles. The summed E-state index contributed by atoms with van der Waals surface area (Å²) in [6.07, 6.45) is 0. The smallest absolute Gasteiger partial charge is 0.193 e. The van der Waals surface area contributed by atoms with Crippen LogP contribution in [0.25, 0.3) is 0 Å².